The molecule has 0 bridgehead atoms. The van der Waals surface area contributed by atoms with Crippen LogP contribution in [0.25, 0.3) is 0 Å². The second kappa shape index (κ2) is 15.2. The normalized spacial score (nSPS) is 13.1. The molecule has 0 heterocycles. The average Bonchev–Trinajstić information content (AvgIpc) is 2.87. The maximum Gasteiger partial charge on any atom is 0.316 e. The summed E-state index contributed by atoms with van der Waals surface area (Å²) in [6.45, 7) is 8.57. The molecule has 6 heteroatoms. The van der Waals surface area contributed by atoms with Crippen LogP contribution in [0.1, 0.15) is 89.8 Å². The van der Waals surface area contributed by atoms with E-state index in [9.17, 15) is 19.5 Å². The molecule has 1 unspecified atom stereocenters. The Hall–Kier alpha value is -3.15. The Morgan fingerprint density at radius 1 is 0.784 bits per heavy atom. The van der Waals surface area contributed by atoms with Crippen LogP contribution in [-0.4, -0.2) is 29.4 Å². The Bertz CT molecular complexity index is 930. The number of carboxylic acids is 1. The van der Waals surface area contributed by atoms with Gasteiger partial charge in [0.15, 0.2) is 0 Å². The first-order valence-electron chi connectivity index (χ1n) is 13.5. The van der Waals surface area contributed by atoms with E-state index in [1.807, 2.05) is 81.4 Å². The Kier molecular flexibility index (Phi) is 12.3. The zero-order chi connectivity index (χ0) is 27.3. The van der Waals surface area contributed by atoms with Crippen molar-refractivity contribution in [2.75, 3.05) is 6.54 Å². The summed E-state index contributed by atoms with van der Waals surface area (Å²) in [7, 11) is 0. The van der Waals surface area contributed by atoms with Gasteiger partial charge in [-0.3, -0.25) is 14.4 Å². The number of hydrogen-bond acceptors (Lipinski definition) is 3. The molecule has 0 aliphatic rings. The first-order chi connectivity index (χ1) is 17.6. The van der Waals surface area contributed by atoms with Gasteiger partial charge >= 0.3 is 5.97 Å². The van der Waals surface area contributed by atoms with E-state index in [0.717, 1.165) is 43.2 Å². The summed E-state index contributed by atoms with van der Waals surface area (Å²) >= 11 is 0. The van der Waals surface area contributed by atoms with Gasteiger partial charge in [0.2, 0.25) is 11.8 Å². The molecule has 0 aliphatic carbocycles. The first kappa shape index (κ1) is 30.1. The molecule has 0 aromatic heterocycles. The third-order valence-electron chi connectivity index (χ3n) is 6.50. The minimum Gasteiger partial charge on any atom is -0.481 e. The van der Waals surface area contributed by atoms with E-state index in [1.54, 1.807) is 0 Å². The largest absolute Gasteiger partial charge is 0.481 e. The smallest absolute Gasteiger partial charge is 0.316 e. The molecule has 0 radical (unpaired) electrons. The average molecular weight is 509 g/mol. The molecule has 2 aromatic carbocycles. The lowest BCUT2D eigenvalue weighted by atomic mass is 9.84. The van der Waals surface area contributed by atoms with Crippen LogP contribution in [0.5, 0.6) is 0 Å². The van der Waals surface area contributed by atoms with Crippen molar-refractivity contribution in [2.24, 2.45) is 17.3 Å². The minimum absolute atomic E-state index is 0.160. The van der Waals surface area contributed by atoms with E-state index < -0.39 is 29.8 Å². The van der Waals surface area contributed by atoms with Crippen LogP contribution in [0.3, 0.4) is 0 Å². The topological polar surface area (TPSA) is 95.5 Å². The quantitative estimate of drug-likeness (QED) is 0.199. The molecule has 0 spiro atoms. The van der Waals surface area contributed by atoms with E-state index in [2.05, 4.69) is 17.6 Å². The molecule has 6 nitrogen and oxygen atoms in total. The van der Waals surface area contributed by atoms with Gasteiger partial charge < -0.3 is 15.7 Å². The zero-order valence-corrected chi connectivity index (χ0v) is 22.8. The van der Waals surface area contributed by atoms with Crippen molar-refractivity contribution in [1.29, 1.82) is 0 Å². The van der Waals surface area contributed by atoms with E-state index in [1.165, 1.54) is 0 Å². The molecular weight excluding hydrogens is 464 g/mol. The van der Waals surface area contributed by atoms with Crippen molar-refractivity contribution in [1.82, 2.24) is 10.6 Å². The number of carboxylic acid groups (broad SMARTS) is 1. The zero-order valence-electron chi connectivity index (χ0n) is 22.8. The Morgan fingerprint density at radius 2 is 1.30 bits per heavy atom. The highest BCUT2D eigenvalue weighted by Gasteiger charge is 2.40. The number of benzene rings is 2. The van der Waals surface area contributed by atoms with E-state index in [4.69, 9.17) is 0 Å². The van der Waals surface area contributed by atoms with Crippen LogP contribution < -0.4 is 10.6 Å². The van der Waals surface area contributed by atoms with Gasteiger partial charge in [0.05, 0.1) is 12.0 Å². The maximum absolute atomic E-state index is 13.6. The van der Waals surface area contributed by atoms with Gasteiger partial charge in [-0.15, -0.1) is 0 Å². The summed E-state index contributed by atoms with van der Waals surface area (Å²) in [5, 5.41) is 16.0. The number of carbonyl (C=O) groups excluding carboxylic acids is 2. The van der Waals surface area contributed by atoms with Crippen LogP contribution >= 0.6 is 0 Å². The number of unbranched alkanes of at least 4 members (excludes halogenated alkanes) is 5. The van der Waals surface area contributed by atoms with Crippen molar-refractivity contribution < 1.29 is 19.5 Å². The van der Waals surface area contributed by atoms with Crippen molar-refractivity contribution in [2.45, 2.75) is 78.7 Å². The standard InChI is InChI=1S/C31H44N2O4/c1-5-6-7-8-9-16-21-25(28(34)32-22-31(2,3)4)26(30(36)37)29(35)33-27(23-17-12-10-13-18-23)24-19-14-11-15-20-24/h10-15,17-20,25-27H,5-9,16,21-22H2,1-4H3,(H,32,34)(H,33,35)(H,36,37)/t25-,26?/m1/s1. The molecule has 202 valence electrons. The van der Waals surface area contributed by atoms with E-state index in [0.29, 0.717) is 19.4 Å². The van der Waals surface area contributed by atoms with Crippen molar-refractivity contribution in [3.05, 3.63) is 71.8 Å². The molecule has 2 amide bonds. The third kappa shape index (κ3) is 10.4. The number of amides is 2. The van der Waals surface area contributed by atoms with Gasteiger partial charge in [-0.05, 0) is 23.0 Å². The Morgan fingerprint density at radius 3 is 1.78 bits per heavy atom. The van der Waals surface area contributed by atoms with Crippen LogP contribution in [0, 0.1) is 17.3 Å². The van der Waals surface area contributed by atoms with E-state index >= 15 is 0 Å². The maximum atomic E-state index is 13.6. The van der Waals surface area contributed by atoms with Crippen LogP contribution in [0.4, 0.5) is 0 Å². The van der Waals surface area contributed by atoms with Gasteiger partial charge in [-0.2, -0.15) is 0 Å². The summed E-state index contributed by atoms with van der Waals surface area (Å²) in [5.41, 5.74) is 1.53. The lowest BCUT2D eigenvalue weighted by Crippen LogP contribution is -2.47. The molecule has 0 aliphatic heterocycles. The summed E-state index contributed by atoms with van der Waals surface area (Å²) in [5.74, 6) is -4.72. The fourth-order valence-corrected chi connectivity index (χ4v) is 4.43. The van der Waals surface area contributed by atoms with Crippen LogP contribution in [0.15, 0.2) is 60.7 Å². The van der Waals surface area contributed by atoms with Gasteiger partial charge in [-0.25, -0.2) is 0 Å². The molecule has 2 atom stereocenters. The molecule has 2 aromatic rings. The van der Waals surface area contributed by atoms with Gasteiger partial charge in [0, 0.05) is 6.54 Å². The molecule has 3 N–H and O–H groups in total. The predicted molar refractivity (Wildman–Crippen MR) is 148 cm³/mol. The predicted octanol–water partition coefficient (Wildman–Crippen LogP) is 6.12. The van der Waals surface area contributed by atoms with Gasteiger partial charge in [0.25, 0.3) is 0 Å². The lowest BCUT2D eigenvalue weighted by Gasteiger charge is -2.27. The number of rotatable bonds is 15. The van der Waals surface area contributed by atoms with E-state index in [-0.39, 0.29) is 11.3 Å². The minimum atomic E-state index is -1.48. The molecule has 0 saturated carbocycles. The molecule has 0 fully saturated rings. The van der Waals surface area contributed by atoms with Crippen molar-refractivity contribution in [3.63, 3.8) is 0 Å². The van der Waals surface area contributed by atoms with Gasteiger partial charge in [-0.1, -0.05) is 127 Å². The molecule has 2 rings (SSSR count). The number of aliphatic carboxylic acids is 1. The van der Waals surface area contributed by atoms with Crippen molar-refractivity contribution >= 4 is 17.8 Å². The Labute approximate surface area is 222 Å². The fourth-order valence-electron chi connectivity index (χ4n) is 4.43. The highest BCUT2D eigenvalue weighted by atomic mass is 16.4. The van der Waals surface area contributed by atoms with Crippen LogP contribution in [0.2, 0.25) is 0 Å². The SMILES string of the molecule is CCCCCCCC[C@@H](C(=O)NCC(C)(C)C)C(C(=O)O)C(=O)NC(c1ccccc1)c1ccccc1. The highest BCUT2D eigenvalue weighted by molar-refractivity contribution is 6.01. The second-order valence-electron chi connectivity index (χ2n) is 11.0. The molecule has 37 heavy (non-hydrogen) atoms. The number of hydrogen-bond donors (Lipinski definition) is 3. The van der Waals surface area contributed by atoms with Crippen molar-refractivity contribution in [3.8, 4) is 0 Å². The number of nitrogens with one attached hydrogen (secondary N) is 2. The summed E-state index contributed by atoms with van der Waals surface area (Å²) < 4.78 is 0. The molecule has 0 saturated heterocycles. The summed E-state index contributed by atoms with van der Waals surface area (Å²) in [4.78, 5) is 39.3. The Balaban J connectivity index is 2.28. The second-order valence-corrected chi connectivity index (χ2v) is 11.0. The lowest BCUT2D eigenvalue weighted by molar-refractivity contribution is -0.153. The van der Waals surface area contributed by atoms with Gasteiger partial charge in [0.1, 0.15) is 5.92 Å². The summed E-state index contributed by atoms with van der Waals surface area (Å²) in [6.07, 6.45) is 6.43. The molecular formula is C31H44N2O4. The third-order valence-corrected chi connectivity index (χ3v) is 6.50. The van der Waals surface area contributed by atoms with Crippen LogP contribution in [-0.2, 0) is 14.4 Å². The fraction of sp³-hybridized carbons (Fsp3) is 0.516. The summed E-state index contributed by atoms with van der Waals surface area (Å²) in [6, 6.07) is 18.4. The highest BCUT2D eigenvalue weighted by Crippen LogP contribution is 2.26. The monoisotopic (exact) mass is 508 g/mol. The number of carbonyl (C=O) groups is 3. The first-order valence-corrected chi connectivity index (χ1v) is 13.5.